The van der Waals surface area contributed by atoms with Crippen LogP contribution < -0.4 is 5.32 Å². The molecule has 1 aromatic heterocycles. The molecule has 0 unspecified atom stereocenters. The minimum Gasteiger partial charge on any atom is -0.372 e. The maximum atomic E-state index is 11.4. The number of hydrogen-bond donors (Lipinski definition) is 1. The van der Waals surface area contributed by atoms with Crippen molar-refractivity contribution in [3.8, 4) is 0 Å². The van der Waals surface area contributed by atoms with Gasteiger partial charge in [0.25, 0.3) is 0 Å². The van der Waals surface area contributed by atoms with Gasteiger partial charge < -0.3 is 10.1 Å². The average molecular weight is 310 g/mol. The zero-order chi connectivity index (χ0) is 14.4. The number of hydrogen-bond acceptors (Lipinski definition) is 3. The van der Waals surface area contributed by atoms with Crippen LogP contribution in [0.3, 0.4) is 0 Å². The Hall–Kier alpha value is -1.36. The number of anilines is 1. The van der Waals surface area contributed by atoms with Crippen LogP contribution in [0.1, 0.15) is 16.7 Å². The summed E-state index contributed by atoms with van der Waals surface area (Å²) >= 11 is 7.17. The smallest absolute Gasteiger partial charge is 0.239 e. The third-order valence-electron chi connectivity index (χ3n) is 2.77. The van der Waals surface area contributed by atoms with Gasteiger partial charge in [0.2, 0.25) is 5.91 Å². The van der Waals surface area contributed by atoms with Gasteiger partial charge in [0, 0.05) is 11.3 Å². The van der Waals surface area contributed by atoms with Crippen LogP contribution in [-0.4, -0.2) is 11.8 Å². The van der Waals surface area contributed by atoms with E-state index < -0.39 is 0 Å². The van der Waals surface area contributed by atoms with E-state index in [-0.39, 0.29) is 11.8 Å². The number of alkyl halides is 1. The van der Waals surface area contributed by atoms with Gasteiger partial charge in [-0.05, 0) is 40.9 Å². The van der Waals surface area contributed by atoms with E-state index >= 15 is 0 Å². The number of nitrogens with one attached hydrogen (secondary N) is 1. The van der Waals surface area contributed by atoms with Crippen LogP contribution >= 0.6 is 22.9 Å². The Morgan fingerprint density at radius 1 is 1.35 bits per heavy atom. The number of halogens is 1. The molecule has 0 saturated carbocycles. The van der Waals surface area contributed by atoms with E-state index in [0.29, 0.717) is 13.2 Å². The summed E-state index contributed by atoms with van der Waals surface area (Å²) in [6.45, 7) is 3.00. The number of aryl methyl sites for hydroxylation is 1. The molecular formula is C15H16ClNO2S. The van der Waals surface area contributed by atoms with Crippen molar-refractivity contribution >= 4 is 34.5 Å². The second-order valence-corrected chi connectivity index (χ2v) is 5.51. The Kier molecular flexibility index (Phi) is 5.59. The molecule has 1 N–H and O–H groups in total. The van der Waals surface area contributed by atoms with E-state index in [1.807, 2.05) is 36.6 Å². The number of thiophene rings is 1. The topological polar surface area (TPSA) is 38.3 Å². The molecule has 0 aliphatic carbocycles. The third kappa shape index (κ3) is 4.34. The van der Waals surface area contributed by atoms with Crippen molar-refractivity contribution in [3.05, 3.63) is 51.7 Å². The SMILES string of the molecule is Cc1ccc(COCc2ccsc2)c(NC(=O)CCl)c1. The molecule has 5 heteroatoms. The first-order valence-corrected chi connectivity index (χ1v) is 7.71. The summed E-state index contributed by atoms with van der Waals surface area (Å²) in [7, 11) is 0. The van der Waals surface area contributed by atoms with Crippen molar-refractivity contribution in [1.29, 1.82) is 0 Å². The molecule has 20 heavy (non-hydrogen) atoms. The minimum atomic E-state index is -0.212. The lowest BCUT2D eigenvalue weighted by Gasteiger charge is -2.11. The van der Waals surface area contributed by atoms with Crippen LogP contribution in [0.15, 0.2) is 35.0 Å². The van der Waals surface area contributed by atoms with Crippen LogP contribution in [0.5, 0.6) is 0 Å². The number of ether oxygens (including phenoxy) is 1. The van der Waals surface area contributed by atoms with E-state index in [1.54, 1.807) is 11.3 Å². The van der Waals surface area contributed by atoms with E-state index in [9.17, 15) is 4.79 Å². The summed E-state index contributed by atoms with van der Waals surface area (Å²) in [6, 6.07) is 7.93. The van der Waals surface area contributed by atoms with Crippen molar-refractivity contribution in [2.75, 3.05) is 11.2 Å². The zero-order valence-electron chi connectivity index (χ0n) is 11.2. The normalized spacial score (nSPS) is 10.5. The van der Waals surface area contributed by atoms with Gasteiger partial charge >= 0.3 is 0 Å². The number of rotatable bonds is 6. The highest BCUT2D eigenvalue weighted by Crippen LogP contribution is 2.19. The molecular weight excluding hydrogens is 294 g/mol. The lowest BCUT2D eigenvalue weighted by atomic mass is 10.1. The highest BCUT2D eigenvalue weighted by molar-refractivity contribution is 7.07. The molecule has 1 amide bonds. The van der Waals surface area contributed by atoms with E-state index in [2.05, 4.69) is 10.7 Å². The molecule has 0 fully saturated rings. The standard InChI is InChI=1S/C15H16ClNO2S/c1-11-2-3-13(14(6-11)17-15(18)7-16)9-19-8-12-4-5-20-10-12/h2-6,10H,7-9H2,1H3,(H,17,18). The molecule has 0 spiro atoms. The van der Waals surface area contributed by atoms with Crippen molar-refractivity contribution in [3.63, 3.8) is 0 Å². The maximum absolute atomic E-state index is 11.4. The summed E-state index contributed by atoms with van der Waals surface area (Å²) in [6.07, 6.45) is 0. The van der Waals surface area contributed by atoms with Crippen molar-refractivity contribution < 1.29 is 9.53 Å². The van der Waals surface area contributed by atoms with E-state index in [4.69, 9.17) is 16.3 Å². The molecule has 0 aliphatic rings. The molecule has 2 rings (SSSR count). The van der Waals surface area contributed by atoms with Crippen LogP contribution in [0.25, 0.3) is 0 Å². The first kappa shape index (κ1) is 15.0. The molecule has 3 nitrogen and oxygen atoms in total. The van der Waals surface area contributed by atoms with Gasteiger partial charge in [-0.2, -0.15) is 11.3 Å². The molecule has 0 saturated heterocycles. The highest BCUT2D eigenvalue weighted by Gasteiger charge is 2.07. The van der Waals surface area contributed by atoms with E-state index in [1.165, 1.54) is 0 Å². The van der Waals surface area contributed by atoms with Crippen LogP contribution in [0.4, 0.5) is 5.69 Å². The second kappa shape index (κ2) is 7.43. The zero-order valence-corrected chi connectivity index (χ0v) is 12.8. The number of benzene rings is 1. The maximum Gasteiger partial charge on any atom is 0.239 e. The predicted molar refractivity (Wildman–Crippen MR) is 83.3 cm³/mol. The molecule has 0 radical (unpaired) electrons. The predicted octanol–water partition coefficient (Wildman–Crippen LogP) is 3.95. The Labute approximate surface area is 127 Å². The summed E-state index contributed by atoms with van der Waals surface area (Å²) in [5.41, 5.74) is 3.95. The summed E-state index contributed by atoms with van der Waals surface area (Å²) in [4.78, 5) is 11.4. The van der Waals surface area contributed by atoms with Gasteiger partial charge in [-0.15, -0.1) is 11.6 Å². The van der Waals surface area contributed by atoms with Gasteiger partial charge in [-0.25, -0.2) is 0 Å². The average Bonchev–Trinajstić information content (AvgIpc) is 2.94. The van der Waals surface area contributed by atoms with Crippen LogP contribution in [-0.2, 0) is 22.7 Å². The lowest BCUT2D eigenvalue weighted by Crippen LogP contribution is -2.14. The summed E-state index contributed by atoms with van der Waals surface area (Å²) < 4.78 is 5.68. The van der Waals surface area contributed by atoms with Crippen molar-refractivity contribution in [2.45, 2.75) is 20.1 Å². The van der Waals surface area contributed by atoms with E-state index in [0.717, 1.165) is 22.4 Å². The molecule has 1 heterocycles. The second-order valence-electron chi connectivity index (χ2n) is 4.47. The molecule has 0 atom stereocenters. The molecule has 1 aromatic carbocycles. The Morgan fingerprint density at radius 3 is 2.90 bits per heavy atom. The van der Waals surface area contributed by atoms with Crippen LogP contribution in [0.2, 0.25) is 0 Å². The van der Waals surface area contributed by atoms with Gasteiger partial charge in [-0.1, -0.05) is 12.1 Å². The first-order valence-electron chi connectivity index (χ1n) is 6.23. The fourth-order valence-corrected chi connectivity index (χ4v) is 2.49. The molecule has 2 aromatic rings. The summed E-state index contributed by atoms with van der Waals surface area (Å²) in [5, 5.41) is 6.88. The molecule has 106 valence electrons. The van der Waals surface area contributed by atoms with Gasteiger partial charge in [0.05, 0.1) is 13.2 Å². The Morgan fingerprint density at radius 2 is 2.20 bits per heavy atom. The fraction of sp³-hybridized carbons (Fsp3) is 0.267. The largest absolute Gasteiger partial charge is 0.372 e. The molecule has 0 bridgehead atoms. The Bertz CT molecular complexity index is 569. The monoisotopic (exact) mass is 309 g/mol. The van der Waals surface area contributed by atoms with Crippen LogP contribution in [0, 0.1) is 6.92 Å². The van der Waals surface area contributed by atoms with Crippen molar-refractivity contribution in [2.24, 2.45) is 0 Å². The quantitative estimate of drug-likeness (QED) is 0.821. The highest BCUT2D eigenvalue weighted by atomic mass is 35.5. The fourth-order valence-electron chi connectivity index (χ4n) is 1.77. The minimum absolute atomic E-state index is 0.0524. The van der Waals surface area contributed by atoms with Gasteiger partial charge in [0.15, 0.2) is 0 Å². The van der Waals surface area contributed by atoms with Gasteiger partial charge in [-0.3, -0.25) is 4.79 Å². The number of carbonyl (C=O) groups excluding carboxylic acids is 1. The first-order chi connectivity index (χ1) is 9.69. The number of amides is 1. The Balaban J connectivity index is 2.00. The third-order valence-corrected chi connectivity index (χ3v) is 3.74. The van der Waals surface area contributed by atoms with Gasteiger partial charge in [0.1, 0.15) is 5.88 Å². The lowest BCUT2D eigenvalue weighted by molar-refractivity contribution is -0.113. The molecule has 0 aliphatic heterocycles. The van der Waals surface area contributed by atoms with Crippen molar-refractivity contribution in [1.82, 2.24) is 0 Å². The summed E-state index contributed by atoms with van der Waals surface area (Å²) in [5.74, 6) is -0.264. The number of carbonyl (C=O) groups is 1.